The lowest BCUT2D eigenvalue weighted by atomic mass is 9.90. The molecular formula is C30H31F6N3O3. The molecule has 1 saturated heterocycles. The van der Waals surface area contributed by atoms with Crippen molar-refractivity contribution >= 4 is 5.97 Å². The first-order valence-electron chi connectivity index (χ1n) is 13.3. The summed E-state index contributed by atoms with van der Waals surface area (Å²) >= 11 is 0. The highest BCUT2D eigenvalue weighted by molar-refractivity contribution is 5.76. The van der Waals surface area contributed by atoms with Crippen LogP contribution in [0, 0.1) is 0 Å². The Bertz CT molecular complexity index is 1320. The van der Waals surface area contributed by atoms with Crippen LogP contribution < -0.4 is 0 Å². The quantitative estimate of drug-likeness (QED) is 0.266. The second-order valence-electron chi connectivity index (χ2n) is 10.5. The first kappa shape index (κ1) is 31.5. The number of benzene rings is 2. The van der Waals surface area contributed by atoms with Crippen molar-refractivity contribution in [1.29, 1.82) is 0 Å². The van der Waals surface area contributed by atoms with Crippen molar-refractivity contribution in [3.8, 4) is 11.1 Å². The number of hydrogen-bond acceptors (Lipinski definition) is 6. The van der Waals surface area contributed by atoms with E-state index in [9.17, 15) is 36.2 Å². The predicted octanol–water partition coefficient (Wildman–Crippen LogP) is 5.70. The van der Waals surface area contributed by atoms with Gasteiger partial charge in [-0.1, -0.05) is 48.5 Å². The molecule has 6 nitrogen and oxygen atoms in total. The number of rotatable bonds is 8. The fraction of sp³-hybridized carbons (Fsp3) is 0.400. The standard InChI is InChI=1S/C30H31F6N3O3/c1-20(2)42-27(40)26-19-38(17-22-11-13-37-14-12-22)15-16-39(26)18-21-3-5-23(6-4-21)24-7-9-25(10-8-24)28(41,29(31,32)33)30(34,35)36/h3-14,20,26,41H,15-19H2,1-2H3. The summed E-state index contributed by atoms with van der Waals surface area (Å²) in [6.07, 6.45) is -8.72. The molecule has 0 amide bonds. The van der Waals surface area contributed by atoms with E-state index >= 15 is 0 Å². The van der Waals surface area contributed by atoms with Crippen molar-refractivity contribution < 1.29 is 41.0 Å². The molecule has 1 aliphatic heterocycles. The summed E-state index contributed by atoms with van der Waals surface area (Å²) in [6.45, 7) is 6.48. The molecule has 0 radical (unpaired) electrons. The lowest BCUT2D eigenvalue weighted by Gasteiger charge is -2.40. The summed E-state index contributed by atoms with van der Waals surface area (Å²) in [5.74, 6) is -0.321. The first-order chi connectivity index (χ1) is 19.7. The van der Waals surface area contributed by atoms with Crippen LogP contribution in [0.1, 0.15) is 30.5 Å². The van der Waals surface area contributed by atoms with E-state index in [1.54, 1.807) is 50.5 Å². The Balaban J connectivity index is 1.48. The molecule has 1 aromatic heterocycles. The Hall–Kier alpha value is -3.48. The fourth-order valence-electron chi connectivity index (χ4n) is 4.92. The minimum Gasteiger partial charge on any atom is -0.462 e. The maximum absolute atomic E-state index is 13.2. The van der Waals surface area contributed by atoms with Crippen LogP contribution in [0.3, 0.4) is 0 Å². The highest BCUT2D eigenvalue weighted by Crippen LogP contribution is 2.50. The van der Waals surface area contributed by atoms with E-state index in [-0.39, 0.29) is 12.1 Å². The maximum Gasteiger partial charge on any atom is 0.430 e. The maximum atomic E-state index is 13.2. The summed E-state index contributed by atoms with van der Waals surface area (Å²) in [4.78, 5) is 21.3. The zero-order valence-corrected chi connectivity index (χ0v) is 23.0. The van der Waals surface area contributed by atoms with Gasteiger partial charge in [0.05, 0.1) is 6.10 Å². The molecule has 0 aliphatic carbocycles. The fourth-order valence-corrected chi connectivity index (χ4v) is 4.92. The van der Waals surface area contributed by atoms with Crippen molar-refractivity contribution in [3.63, 3.8) is 0 Å². The van der Waals surface area contributed by atoms with Gasteiger partial charge in [0.25, 0.3) is 5.60 Å². The van der Waals surface area contributed by atoms with Gasteiger partial charge in [-0.05, 0) is 48.2 Å². The van der Waals surface area contributed by atoms with E-state index < -0.39 is 29.6 Å². The molecule has 1 fully saturated rings. The predicted molar refractivity (Wildman–Crippen MR) is 143 cm³/mol. The number of ether oxygens (including phenoxy) is 1. The smallest absolute Gasteiger partial charge is 0.430 e. The van der Waals surface area contributed by atoms with E-state index in [0.717, 1.165) is 29.8 Å². The molecule has 0 spiro atoms. The molecule has 1 aliphatic rings. The van der Waals surface area contributed by atoms with Crippen LogP contribution in [-0.4, -0.2) is 70.0 Å². The average molecular weight is 596 g/mol. The normalized spacial score (nSPS) is 17.4. The molecule has 1 atom stereocenters. The number of aliphatic hydroxyl groups is 1. The number of piperazine rings is 1. The van der Waals surface area contributed by atoms with Gasteiger partial charge in [-0.25, -0.2) is 0 Å². The van der Waals surface area contributed by atoms with Gasteiger partial charge in [0.1, 0.15) is 6.04 Å². The summed E-state index contributed by atoms with van der Waals surface area (Å²) in [6, 6.07) is 13.8. The van der Waals surface area contributed by atoms with Crippen molar-refractivity contribution in [1.82, 2.24) is 14.8 Å². The highest BCUT2D eigenvalue weighted by atomic mass is 19.4. The van der Waals surface area contributed by atoms with Crippen LogP contribution in [0.4, 0.5) is 26.3 Å². The van der Waals surface area contributed by atoms with Crippen molar-refractivity contribution in [2.45, 2.75) is 57.0 Å². The third-order valence-corrected chi connectivity index (χ3v) is 7.15. The van der Waals surface area contributed by atoms with Crippen molar-refractivity contribution in [3.05, 3.63) is 89.7 Å². The third kappa shape index (κ3) is 6.93. The lowest BCUT2D eigenvalue weighted by Crippen LogP contribution is -2.56. The molecule has 2 aromatic carbocycles. The van der Waals surface area contributed by atoms with Gasteiger partial charge in [-0.2, -0.15) is 26.3 Å². The largest absolute Gasteiger partial charge is 0.462 e. The molecule has 2 heterocycles. The summed E-state index contributed by atoms with van der Waals surface area (Å²) in [7, 11) is 0. The van der Waals surface area contributed by atoms with Crippen LogP contribution >= 0.6 is 0 Å². The molecule has 12 heteroatoms. The molecule has 226 valence electrons. The number of aromatic nitrogens is 1. The topological polar surface area (TPSA) is 65.9 Å². The third-order valence-electron chi connectivity index (χ3n) is 7.15. The number of pyridine rings is 1. The Kier molecular flexibility index (Phi) is 9.29. The molecule has 3 aromatic rings. The van der Waals surface area contributed by atoms with Crippen LogP contribution in [0.2, 0.25) is 0 Å². The van der Waals surface area contributed by atoms with Gasteiger partial charge < -0.3 is 9.84 Å². The summed E-state index contributed by atoms with van der Waals surface area (Å²) in [5, 5.41) is 9.61. The van der Waals surface area contributed by atoms with E-state index in [4.69, 9.17) is 4.74 Å². The van der Waals surface area contributed by atoms with Crippen LogP contribution in [-0.2, 0) is 28.2 Å². The molecule has 4 rings (SSSR count). The molecule has 0 saturated carbocycles. The van der Waals surface area contributed by atoms with Gasteiger partial charge in [0, 0.05) is 50.7 Å². The van der Waals surface area contributed by atoms with Crippen molar-refractivity contribution in [2.24, 2.45) is 0 Å². The van der Waals surface area contributed by atoms with Gasteiger partial charge in [0.15, 0.2) is 0 Å². The van der Waals surface area contributed by atoms with E-state index in [2.05, 4.69) is 9.88 Å². The molecule has 1 N–H and O–H groups in total. The Labute approximate surface area is 239 Å². The van der Waals surface area contributed by atoms with E-state index in [1.165, 1.54) is 0 Å². The minimum absolute atomic E-state index is 0.274. The highest BCUT2D eigenvalue weighted by Gasteiger charge is 2.71. The van der Waals surface area contributed by atoms with Gasteiger partial charge in [-0.3, -0.25) is 19.6 Å². The number of carbonyl (C=O) groups excluding carboxylic acids is 1. The molecule has 0 bridgehead atoms. The lowest BCUT2D eigenvalue weighted by molar-refractivity contribution is -0.376. The number of hydrogen-bond donors (Lipinski definition) is 1. The molecule has 42 heavy (non-hydrogen) atoms. The molecular weight excluding hydrogens is 564 g/mol. The second-order valence-corrected chi connectivity index (χ2v) is 10.5. The summed E-state index contributed by atoms with van der Waals surface area (Å²) < 4.78 is 84.7. The van der Waals surface area contributed by atoms with Crippen molar-refractivity contribution in [2.75, 3.05) is 19.6 Å². The zero-order valence-electron chi connectivity index (χ0n) is 23.0. The Morgan fingerprint density at radius 3 is 1.90 bits per heavy atom. The number of halogens is 6. The number of nitrogens with zero attached hydrogens (tertiary/aromatic N) is 3. The summed E-state index contributed by atoms with van der Waals surface area (Å²) in [5.41, 5.74) is -3.41. The average Bonchev–Trinajstić information content (AvgIpc) is 2.93. The van der Waals surface area contributed by atoms with Crippen LogP contribution in [0.15, 0.2) is 73.1 Å². The second kappa shape index (κ2) is 12.4. The number of alkyl halides is 6. The Morgan fingerprint density at radius 2 is 1.38 bits per heavy atom. The Morgan fingerprint density at radius 1 is 0.857 bits per heavy atom. The number of esters is 1. The zero-order chi connectivity index (χ0) is 30.7. The van der Waals surface area contributed by atoms with E-state index in [1.807, 2.05) is 17.0 Å². The first-order valence-corrected chi connectivity index (χ1v) is 13.3. The molecule has 1 unspecified atom stereocenters. The van der Waals surface area contributed by atoms with Crippen LogP contribution in [0.5, 0.6) is 0 Å². The van der Waals surface area contributed by atoms with Gasteiger partial charge in [0.2, 0.25) is 0 Å². The monoisotopic (exact) mass is 595 g/mol. The minimum atomic E-state index is -5.95. The van der Waals surface area contributed by atoms with Crippen LogP contribution in [0.25, 0.3) is 11.1 Å². The number of carbonyl (C=O) groups is 1. The van der Waals surface area contributed by atoms with Gasteiger partial charge >= 0.3 is 18.3 Å². The SMILES string of the molecule is CC(C)OC(=O)C1CN(Cc2ccncc2)CCN1Cc1ccc(-c2ccc(C(O)(C(F)(F)F)C(F)(F)F)cc2)cc1. The van der Waals surface area contributed by atoms with E-state index in [0.29, 0.717) is 49.4 Å². The van der Waals surface area contributed by atoms with Gasteiger partial charge in [-0.15, -0.1) is 0 Å².